The number of nitrogens with one attached hydrogen (secondary N) is 3. The minimum atomic E-state index is -1.00. The number of carbonyl (C=O) groups is 4. The van der Waals surface area contributed by atoms with Crippen LogP contribution in [0, 0.1) is 6.92 Å². The van der Waals surface area contributed by atoms with Crippen LogP contribution in [-0.4, -0.2) is 66.2 Å². The molecule has 2 aromatic carbocycles. The molecule has 1 heterocycles. The van der Waals surface area contributed by atoms with Crippen LogP contribution in [0.2, 0.25) is 0 Å². The van der Waals surface area contributed by atoms with Crippen molar-refractivity contribution in [2.45, 2.75) is 25.9 Å². The van der Waals surface area contributed by atoms with Gasteiger partial charge in [-0.05, 0) is 36.2 Å². The van der Waals surface area contributed by atoms with Crippen molar-refractivity contribution in [3.8, 4) is 0 Å². The van der Waals surface area contributed by atoms with Crippen molar-refractivity contribution in [2.24, 2.45) is 0 Å². The quantitative estimate of drug-likeness (QED) is 0.468. The number of aliphatic carboxylic acids is 1. The Hall–Kier alpha value is -3.92. The molecule has 10 heteroatoms. The molecule has 1 aliphatic rings. The van der Waals surface area contributed by atoms with Crippen molar-refractivity contribution in [2.75, 3.05) is 36.9 Å². The van der Waals surface area contributed by atoms with Crippen LogP contribution in [-0.2, 0) is 25.5 Å². The van der Waals surface area contributed by atoms with Gasteiger partial charge in [0.15, 0.2) is 6.10 Å². The van der Waals surface area contributed by atoms with Gasteiger partial charge in [0.05, 0.1) is 26.0 Å². The minimum Gasteiger partial charge on any atom is -0.481 e. The Bertz CT molecular complexity index is 1040. The smallest absolute Gasteiger partial charge is 0.323 e. The predicted octanol–water partition coefficient (Wildman–Crippen LogP) is 2.00. The zero-order valence-electron chi connectivity index (χ0n) is 18.9. The molecule has 0 spiro atoms. The van der Waals surface area contributed by atoms with Crippen molar-refractivity contribution >= 4 is 35.2 Å². The highest BCUT2D eigenvalue weighted by Crippen LogP contribution is 2.16. The molecule has 1 aliphatic heterocycles. The highest BCUT2D eigenvalue weighted by molar-refractivity contribution is 6.00. The maximum Gasteiger partial charge on any atom is 0.323 e. The highest BCUT2D eigenvalue weighted by Gasteiger charge is 2.29. The summed E-state index contributed by atoms with van der Waals surface area (Å²) in [5, 5.41) is 16.7. The van der Waals surface area contributed by atoms with Gasteiger partial charge in [-0.2, -0.15) is 0 Å². The molecule has 0 aromatic heterocycles. The van der Waals surface area contributed by atoms with Crippen LogP contribution < -0.4 is 16.0 Å². The molecule has 0 saturated carbocycles. The van der Waals surface area contributed by atoms with E-state index in [0.29, 0.717) is 12.2 Å². The third-order valence-electron chi connectivity index (χ3n) is 5.31. The monoisotopic (exact) mass is 468 g/mol. The molecule has 2 aromatic rings. The zero-order valence-corrected chi connectivity index (χ0v) is 18.9. The number of carboxylic acids is 1. The van der Waals surface area contributed by atoms with E-state index < -0.39 is 18.0 Å². The number of morpholine rings is 1. The van der Waals surface area contributed by atoms with Gasteiger partial charge in [-0.15, -0.1) is 0 Å². The molecular formula is C24H28N4O6. The molecule has 34 heavy (non-hydrogen) atoms. The number of rotatable bonds is 8. The zero-order chi connectivity index (χ0) is 24.5. The molecule has 10 nitrogen and oxygen atoms in total. The number of hydrogen-bond donors (Lipinski definition) is 4. The molecule has 4 N–H and O–H groups in total. The summed E-state index contributed by atoms with van der Waals surface area (Å²) >= 11 is 0. The Morgan fingerprint density at radius 2 is 1.79 bits per heavy atom. The van der Waals surface area contributed by atoms with E-state index in [0.717, 1.165) is 16.8 Å². The third kappa shape index (κ3) is 7.31. The molecule has 0 bridgehead atoms. The van der Waals surface area contributed by atoms with Gasteiger partial charge in [0, 0.05) is 24.5 Å². The Morgan fingerprint density at radius 3 is 2.50 bits per heavy atom. The summed E-state index contributed by atoms with van der Waals surface area (Å²) in [4.78, 5) is 49.2. The summed E-state index contributed by atoms with van der Waals surface area (Å²) in [5.74, 6) is -1.59. The SMILES string of the molecule is Cc1ccccc1NC(=O)Nc1ccc(CC(=O)N2CCO[C@@H](C(=O)NCCC(=O)O)C2)cc1. The number of aryl methyl sites for hydroxylation is 1. The van der Waals surface area contributed by atoms with Crippen molar-refractivity contribution < 1.29 is 29.0 Å². The van der Waals surface area contributed by atoms with E-state index in [2.05, 4.69) is 16.0 Å². The Morgan fingerprint density at radius 1 is 1.06 bits per heavy atom. The summed E-state index contributed by atoms with van der Waals surface area (Å²) in [5.41, 5.74) is 3.03. The Kier molecular flexibility index (Phi) is 8.58. The van der Waals surface area contributed by atoms with E-state index in [9.17, 15) is 19.2 Å². The van der Waals surface area contributed by atoms with Crippen molar-refractivity contribution in [1.82, 2.24) is 10.2 Å². The largest absolute Gasteiger partial charge is 0.481 e. The van der Waals surface area contributed by atoms with Crippen LogP contribution in [0.3, 0.4) is 0 Å². The standard InChI is InChI=1S/C24H28N4O6/c1-16-4-2-3-5-19(16)27-24(33)26-18-8-6-17(7-9-18)14-21(29)28-12-13-34-20(15-28)23(32)25-11-10-22(30)31/h2-9,20H,10-15H2,1H3,(H,25,32)(H,30,31)(H2,26,27,33)/t20-/m1/s1. The van der Waals surface area contributed by atoms with Crippen molar-refractivity contribution in [3.05, 3.63) is 59.7 Å². The Labute approximate surface area is 197 Å². The number of nitrogens with zero attached hydrogens (tertiary/aromatic N) is 1. The summed E-state index contributed by atoms with van der Waals surface area (Å²) in [7, 11) is 0. The highest BCUT2D eigenvalue weighted by atomic mass is 16.5. The first-order valence-electron chi connectivity index (χ1n) is 10.9. The summed E-state index contributed by atoms with van der Waals surface area (Å²) in [6, 6.07) is 14.1. The molecule has 1 fully saturated rings. The first kappa shape index (κ1) is 24.7. The lowest BCUT2D eigenvalue weighted by Crippen LogP contribution is -2.52. The lowest BCUT2D eigenvalue weighted by Gasteiger charge is -2.32. The number of benzene rings is 2. The fraction of sp³-hybridized carbons (Fsp3) is 0.333. The van der Waals surface area contributed by atoms with Crippen molar-refractivity contribution in [3.63, 3.8) is 0 Å². The normalized spacial score (nSPS) is 15.3. The number of para-hydroxylation sites is 1. The van der Waals surface area contributed by atoms with Gasteiger partial charge < -0.3 is 30.7 Å². The molecule has 0 radical (unpaired) electrons. The molecule has 180 valence electrons. The fourth-order valence-corrected chi connectivity index (χ4v) is 3.43. The maximum absolute atomic E-state index is 12.7. The van der Waals surface area contributed by atoms with Crippen LogP contribution in [0.15, 0.2) is 48.5 Å². The van der Waals surface area contributed by atoms with E-state index in [1.165, 1.54) is 0 Å². The van der Waals surface area contributed by atoms with Crippen LogP contribution in [0.25, 0.3) is 0 Å². The van der Waals surface area contributed by atoms with E-state index >= 15 is 0 Å². The molecule has 0 unspecified atom stereocenters. The number of amides is 4. The first-order valence-corrected chi connectivity index (χ1v) is 10.9. The predicted molar refractivity (Wildman–Crippen MR) is 126 cm³/mol. The summed E-state index contributed by atoms with van der Waals surface area (Å²) < 4.78 is 5.43. The molecule has 1 saturated heterocycles. The second-order valence-electron chi connectivity index (χ2n) is 7.90. The van der Waals surface area contributed by atoms with Gasteiger partial charge in [-0.1, -0.05) is 30.3 Å². The number of urea groups is 1. The minimum absolute atomic E-state index is 0.00529. The topological polar surface area (TPSA) is 137 Å². The van der Waals surface area contributed by atoms with Crippen LogP contribution in [0.5, 0.6) is 0 Å². The van der Waals surface area contributed by atoms with Crippen LogP contribution >= 0.6 is 0 Å². The number of carboxylic acid groups (broad SMARTS) is 1. The van der Waals surface area contributed by atoms with E-state index in [1.54, 1.807) is 29.2 Å². The summed E-state index contributed by atoms with van der Waals surface area (Å²) in [6.07, 6.45) is -0.868. The summed E-state index contributed by atoms with van der Waals surface area (Å²) in [6.45, 7) is 2.61. The maximum atomic E-state index is 12.7. The number of carbonyl (C=O) groups excluding carboxylic acids is 3. The van der Waals surface area contributed by atoms with E-state index in [1.807, 2.05) is 31.2 Å². The first-order chi connectivity index (χ1) is 16.3. The van der Waals surface area contributed by atoms with Gasteiger partial charge >= 0.3 is 12.0 Å². The second kappa shape index (κ2) is 11.8. The van der Waals surface area contributed by atoms with Gasteiger partial charge in [-0.25, -0.2) is 4.79 Å². The van der Waals surface area contributed by atoms with Gasteiger partial charge in [0.25, 0.3) is 5.91 Å². The van der Waals surface area contributed by atoms with Crippen LogP contribution in [0.1, 0.15) is 17.5 Å². The Balaban J connectivity index is 1.48. The van der Waals surface area contributed by atoms with Crippen molar-refractivity contribution in [1.29, 1.82) is 0 Å². The number of anilines is 2. The molecule has 3 rings (SSSR count). The average molecular weight is 469 g/mol. The van der Waals surface area contributed by atoms with Gasteiger partial charge in [0.2, 0.25) is 5.91 Å². The fourth-order valence-electron chi connectivity index (χ4n) is 3.43. The van der Waals surface area contributed by atoms with Gasteiger partial charge in [-0.3, -0.25) is 14.4 Å². The lowest BCUT2D eigenvalue weighted by atomic mass is 10.1. The lowest BCUT2D eigenvalue weighted by molar-refractivity contribution is -0.146. The average Bonchev–Trinajstić information content (AvgIpc) is 2.81. The van der Waals surface area contributed by atoms with Gasteiger partial charge in [0.1, 0.15) is 0 Å². The number of ether oxygens (including phenoxy) is 1. The molecule has 4 amide bonds. The number of hydrogen-bond acceptors (Lipinski definition) is 5. The molecular weight excluding hydrogens is 440 g/mol. The van der Waals surface area contributed by atoms with Crippen LogP contribution in [0.4, 0.5) is 16.2 Å². The molecule has 0 aliphatic carbocycles. The van der Waals surface area contributed by atoms with E-state index in [-0.39, 0.29) is 44.5 Å². The second-order valence-corrected chi connectivity index (χ2v) is 7.90. The third-order valence-corrected chi connectivity index (χ3v) is 5.31. The van der Waals surface area contributed by atoms with E-state index in [4.69, 9.17) is 9.84 Å². The molecule has 1 atom stereocenters.